The van der Waals surface area contributed by atoms with Gasteiger partial charge in [-0.3, -0.25) is 0 Å². The summed E-state index contributed by atoms with van der Waals surface area (Å²) in [5, 5.41) is 4.29. The highest BCUT2D eigenvalue weighted by molar-refractivity contribution is 7.07. The van der Waals surface area contributed by atoms with Crippen molar-refractivity contribution in [1.29, 1.82) is 0 Å². The Morgan fingerprint density at radius 1 is 1.22 bits per heavy atom. The minimum atomic E-state index is 0.604. The zero-order chi connectivity index (χ0) is 12.4. The average molecular weight is 277 g/mol. The van der Waals surface area contributed by atoms with Gasteiger partial charge in [-0.25, -0.2) is 4.98 Å². The summed E-state index contributed by atoms with van der Waals surface area (Å²) in [4.78, 5) is 4.66. The second-order valence-electron chi connectivity index (χ2n) is 4.17. The number of nitrogens with zero attached hydrogens (tertiary/aromatic N) is 2. The number of hydrogen-bond donors (Lipinski definition) is 0. The molecule has 0 radical (unpaired) electrons. The van der Waals surface area contributed by atoms with Crippen molar-refractivity contribution in [2.24, 2.45) is 0 Å². The topological polar surface area (TPSA) is 17.8 Å². The highest BCUT2D eigenvalue weighted by Crippen LogP contribution is 2.19. The maximum atomic E-state index is 5.87. The second kappa shape index (κ2) is 5.12. The number of halogens is 1. The van der Waals surface area contributed by atoms with E-state index in [1.165, 1.54) is 11.1 Å². The first-order chi connectivity index (χ1) is 8.88. The van der Waals surface area contributed by atoms with Crippen LogP contribution in [0.2, 0.25) is 0 Å². The van der Waals surface area contributed by atoms with Gasteiger partial charge in [-0.15, -0.1) is 11.6 Å². The lowest BCUT2D eigenvalue weighted by Gasteiger charge is -2.07. The predicted molar refractivity (Wildman–Crippen MR) is 77.6 cm³/mol. The predicted octanol–water partition coefficient (Wildman–Crippen LogP) is 3.93. The van der Waals surface area contributed by atoms with Crippen LogP contribution in [-0.4, -0.2) is 15.4 Å². The van der Waals surface area contributed by atoms with E-state index in [1.54, 1.807) is 11.3 Å². The molecule has 0 amide bonds. The molecule has 0 N–H and O–H groups in total. The fourth-order valence-electron chi connectivity index (χ4n) is 2.14. The normalized spacial score (nSPS) is 11.2. The molecule has 18 heavy (non-hydrogen) atoms. The third-order valence-electron chi connectivity index (χ3n) is 2.97. The first-order valence-corrected chi connectivity index (χ1v) is 7.37. The lowest BCUT2D eigenvalue weighted by Crippen LogP contribution is -2.05. The van der Waals surface area contributed by atoms with Crippen molar-refractivity contribution in [3.8, 4) is 0 Å². The Morgan fingerprint density at radius 2 is 2.11 bits per heavy atom. The Morgan fingerprint density at radius 3 is 2.89 bits per heavy atom. The van der Waals surface area contributed by atoms with Crippen molar-refractivity contribution >= 4 is 34.0 Å². The molecule has 0 aliphatic heterocycles. The smallest absolute Gasteiger partial charge is 0.111 e. The SMILES string of the molecule is ClCCc1nc2ccccc2n1Cc1ccsc1. The third-order valence-corrected chi connectivity index (χ3v) is 3.89. The van der Waals surface area contributed by atoms with Gasteiger partial charge in [-0.2, -0.15) is 11.3 Å². The minimum absolute atomic E-state index is 0.604. The molecule has 1 aromatic carbocycles. The van der Waals surface area contributed by atoms with E-state index in [-0.39, 0.29) is 0 Å². The molecule has 3 rings (SSSR count). The van der Waals surface area contributed by atoms with Crippen molar-refractivity contribution in [1.82, 2.24) is 9.55 Å². The van der Waals surface area contributed by atoms with Crippen LogP contribution in [0.4, 0.5) is 0 Å². The number of aryl methyl sites for hydroxylation is 1. The highest BCUT2D eigenvalue weighted by Gasteiger charge is 2.10. The van der Waals surface area contributed by atoms with Gasteiger partial charge in [-0.1, -0.05) is 12.1 Å². The van der Waals surface area contributed by atoms with Crippen LogP contribution in [-0.2, 0) is 13.0 Å². The van der Waals surface area contributed by atoms with Crippen molar-refractivity contribution < 1.29 is 0 Å². The fourth-order valence-corrected chi connectivity index (χ4v) is 2.97. The quantitative estimate of drug-likeness (QED) is 0.660. The molecule has 4 heteroatoms. The molecule has 0 spiro atoms. The molecule has 2 nitrogen and oxygen atoms in total. The molecule has 0 aliphatic carbocycles. The van der Waals surface area contributed by atoms with E-state index < -0.39 is 0 Å². The van der Waals surface area contributed by atoms with Crippen LogP contribution in [0.25, 0.3) is 11.0 Å². The molecule has 0 aliphatic rings. The Balaban J connectivity index is 2.09. The second-order valence-corrected chi connectivity index (χ2v) is 5.33. The number of benzene rings is 1. The number of imidazole rings is 1. The van der Waals surface area contributed by atoms with E-state index in [9.17, 15) is 0 Å². The Bertz CT molecular complexity index is 643. The number of rotatable bonds is 4. The van der Waals surface area contributed by atoms with Crippen molar-refractivity contribution in [2.75, 3.05) is 5.88 Å². The monoisotopic (exact) mass is 276 g/mol. The number of fused-ring (bicyclic) bond motifs is 1. The molecule has 3 aromatic rings. The van der Waals surface area contributed by atoms with Crippen LogP contribution in [0.1, 0.15) is 11.4 Å². The van der Waals surface area contributed by atoms with Crippen LogP contribution < -0.4 is 0 Å². The summed E-state index contributed by atoms with van der Waals surface area (Å²) in [5.41, 5.74) is 3.55. The van der Waals surface area contributed by atoms with Gasteiger partial charge in [0.15, 0.2) is 0 Å². The highest BCUT2D eigenvalue weighted by atomic mass is 35.5. The molecule has 2 aromatic heterocycles. The van der Waals surface area contributed by atoms with Crippen molar-refractivity contribution in [3.05, 3.63) is 52.5 Å². The van der Waals surface area contributed by atoms with E-state index in [0.29, 0.717) is 5.88 Å². The molecule has 0 fully saturated rings. The molecule has 0 atom stereocenters. The molecule has 0 unspecified atom stereocenters. The van der Waals surface area contributed by atoms with E-state index >= 15 is 0 Å². The van der Waals surface area contributed by atoms with E-state index in [1.807, 2.05) is 6.07 Å². The molecule has 0 bridgehead atoms. The number of para-hydroxylation sites is 2. The van der Waals surface area contributed by atoms with Gasteiger partial charge in [0, 0.05) is 12.3 Å². The largest absolute Gasteiger partial charge is 0.323 e. The van der Waals surface area contributed by atoms with Crippen molar-refractivity contribution in [3.63, 3.8) is 0 Å². The van der Waals surface area contributed by atoms with E-state index in [2.05, 4.69) is 44.6 Å². The molecular weight excluding hydrogens is 264 g/mol. The Hall–Kier alpha value is -1.32. The number of alkyl halides is 1. The zero-order valence-corrected chi connectivity index (χ0v) is 11.4. The van der Waals surface area contributed by atoms with Gasteiger partial charge >= 0.3 is 0 Å². The molecule has 0 saturated heterocycles. The lowest BCUT2D eigenvalue weighted by molar-refractivity contribution is 0.756. The van der Waals surface area contributed by atoms with Gasteiger partial charge in [0.2, 0.25) is 0 Å². The van der Waals surface area contributed by atoms with Crippen LogP contribution in [0.5, 0.6) is 0 Å². The van der Waals surface area contributed by atoms with Gasteiger partial charge < -0.3 is 4.57 Å². The lowest BCUT2D eigenvalue weighted by atomic mass is 10.3. The zero-order valence-electron chi connectivity index (χ0n) is 9.84. The van der Waals surface area contributed by atoms with Crippen LogP contribution in [0, 0.1) is 0 Å². The first kappa shape index (κ1) is 11.8. The van der Waals surface area contributed by atoms with Crippen LogP contribution in [0.15, 0.2) is 41.1 Å². The molecular formula is C14H13ClN2S. The van der Waals surface area contributed by atoms with Gasteiger partial charge in [-0.05, 0) is 34.5 Å². The minimum Gasteiger partial charge on any atom is -0.323 e. The standard InChI is InChI=1S/C14H13ClN2S/c15-7-5-14-16-12-3-1-2-4-13(12)17(14)9-11-6-8-18-10-11/h1-4,6,8,10H,5,7,9H2. The maximum absolute atomic E-state index is 5.87. The summed E-state index contributed by atoms with van der Waals surface area (Å²) >= 11 is 7.59. The molecule has 92 valence electrons. The third kappa shape index (κ3) is 2.16. The number of thiophene rings is 1. The Labute approximate surface area is 115 Å². The summed E-state index contributed by atoms with van der Waals surface area (Å²) in [6.07, 6.45) is 0.806. The van der Waals surface area contributed by atoms with Gasteiger partial charge in [0.25, 0.3) is 0 Å². The number of hydrogen-bond acceptors (Lipinski definition) is 2. The summed E-state index contributed by atoms with van der Waals surface area (Å²) in [6.45, 7) is 0.871. The van der Waals surface area contributed by atoms with Gasteiger partial charge in [0.1, 0.15) is 5.82 Å². The fraction of sp³-hybridized carbons (Fsp3) is 0.214. The summed E-state index contributed by atoms with van der Waals surface area (Å²) in [5.74, 6) is 1.67. The van der Waals surface area contributed by atoms with E-state index in [0.717, 1.165) is 24.3 Å². The van der Waals surface area contributed by atoms with Crippen LogP contribution in [0.3, 0.4) is 0 Å². The van der Waals surface area contributed by atoms with Crippen LogP contribution >= 0.6 is 22.9 Å². The number of aromatic nitrogens is 2. The summed E-state index contributed by atoms with van der Waals surface area (Å²) in [6, 6.07) is 10.4. The maximum Gasteiger partial charge on any atom is 0.111 e. The summed E-state index contributed by atoms with van der Waals surface area (Å²) < 4.78 is 2.26. The van der Waals surface area contributed by atoms with Gasteiger partial charge in [0.05, 0.1) is 17.6 Å². The first-order valence-electron chi connectivity index (χ1n) is 5.89. The van der Waals surface area contributed by atoms with Crippen molar-refractivity contribution in [2.45, 2.75) is 13.0 Å². The molecule has 0 saturated carbocycles. The average Bonchev–Trinajstić information content (AvgIpc) is 3.00. The Kier molecular flexibility index (Phi) is 3.35. The molecule has 2 heterocycles. The summed E-state index contributed by atoms with van der Waals surface area (Å²) in [7, 11) is 0. The van der Waals surface area contributed by atoms with E-state index in [4.69, 9.17) is 11.6 Å².